The Balaban J connectivity index is 1.93. The Kier molecular flexibility index (Phi) is 5.90. The SMILES string of the molecule is CNCNC(=O)c1ccc(C2=NOC(c3cc(C)cc(C)c3)(C(F)(F)F)C2)cc1C. The van der Waals surface area contributed by atoms with Crippen LogP contribution in [-0.2, 0) is 10.4 Å². The van der Waals surface area contributed by atoms with E-state index in [1.807, 2.05) is 6.07 Å². The van der Waals surface area contributed by atoms with Crippen molar-refractivity contribution in [2.45, 2.75) is 39.0 Å². The molecule has 0 aliphatic carbocycles. The summed E-state index contributed by atoms with van der Waals surface area (Å²) in [6.45, 7) is 5.54. The molecule has 5 nitrogen and oxygen atoms in total. The number of aryl methyl sites for hydroxylation is 3. The Morgan fingerprint density at radius 2 is 1.80 bits per heavy atom. The van der Waals surface area contributed by atoms with Gasteiger partial charge in [0.1, 0.15) is 0 Å². The number of nitrogens with one attached hydrogen (secondary N) is 2. The average Bonchev–Trinajstić information content (AvgIpc) is 3.12. The maximum absolute atomic E-state index is 14.2. The molecule has 3 rings (SSSR count). The fourth-order valence-electron chi connectivity index (χ4n) is 3.63. The Bertz CT molecular complexity index is 981. The summed E-state index contributed by atoms with van der Waals surface area (Å²) in [4.78, 5) is 17.3. The third-order valence-corrected chi connectivity index (χ3v) is 5.10. The zero-order valence-corrected chi connectivity index (χ0v) is 17.3. The monoisotopic (exact) mass is 419 g/mol. The van der Waals surface area contributed by atoms with Gasteiger partial charge in [-0.2, -0.15) is 13.2 Å². The van der Waals surface area contributed by atoms with E-state index in [9.17, 15) is 18.0 Å². The lowest BCUT2D eigenvalue weighted by molar-refractivity contribution is -0.275. The minimum Gasteiger partial charge on any atom is -0.374 e. The Morgan fingerprint density at radius 1 is 1.13 bits per heavy atom. The molecule has 1 aliphatic rings. The lowest BCUT2D eigenvalue weighted by atomic mass is 9.85. The van der Waals surface area contributed by atoms with Crippen molar-refractivity contribution in [2.75, 3.05) is 13.7 Å². The normalized spacial score (nSPS) is 18.7. The molecule has 0 saturated carbocycles. The third kappa shape index (κ3) is 4.05. The Labute approximate surface area is 173 Å². The first-order valence-electron chi connectivity index (χ1n) is 9.52. The number of hydrogen-bond donors (Lipinski definition) is 2. The molecule has 2 aromatic rings. The van der Waals surface area contributed by atoms with E-state index >= 15 is 0 Å². The second kappa shape index (κ2) is 8.10. The Morgan fingerprint density at radius 3 is 2.37 bits per heavy atom. The summed E-state index contributed by atoms with van der Waals surface area (Å²) < 4.78 is 42.5. The third-order valence-electron chi connectivity index (χ3n) is 5.10. The van der Waals surface area contributed by atoms with Crippen LogP contribution >= 0.6 is 0 Å². The smallest absolute Gasteiger partial charge is 0.374 e. The molecular formula is C22H24F3N3O2. The second-order valence-electron chi connectivity index (χ2n) is 7.57. The van der Waals surface area contributed by atoms with E-state index in [0.717, 1.165) is 11.1 Å². The fourth-order valence-corrected chi connectivity index (χ4v) is 3.63. The van der Waals surface area contributed by atoms with Crippen molar-refractivity contribution in [3.63, 3.8) is 0 Å². The number of halogens is 3. The quantitative estimate of drug-likeness (QED) is 0.718. The molecular weight excluding hydrogens is 395 g/mol. The molecule has 0 bridgehead atoms. The van der Waals surface area contributed by atoms with E-state index in [1.165, 1.54) is 12.1 Å². The predicted molar refractivity (Wildman–Crippen MR) is 108 cm³/mol. The molecule has 0 fully saturated rings. The summed E-state index contributed by atoms with van der Waals surface area (Å²) in [5, 5.41) is 9.32. The largest absolute Gasteiger partial charge is 0.435 e. The number of amides is 1. The van der Waals surface area contributed by atoms with Crippen molar-refractivity contribution < 1.29 is 22.8 Å². The first-order valence-corrected chi connectivity index (χ1v) is 9.52. The van der Waals surface area contributed by atoms with Crippen LogP contribution in [0, 0.1) is 20.8 Å². The van der Waals surface area contributed by atoms with Gasteiger partial charge in [0.05, 0.1) is 12.4 Å². The number of hydrogen-bond acceptors (Lipinski definition) is 4. The molecule has 1 amide bonds. The number of oxime groups is 1. The highest BCUT2D eigenvalue weighted by atomic mass is 19.4. The number of carbonyl (C=O) groups excluding carboxylic acids is 1. The van der Waals surface area contributed by atoms with Gasteiger partial charge in [0, 0.05) is 17.5 Å². The standard InChI is InChI=1S/C22H24F3N3O2/c1-13-7-14(2)9-17(8-13)21(22(23,24)25)11-19(28-30-21)16-5-6-18(15(3)10-16)20(29)27-12-26-4/h5-10,26H,11-12H2,1-4H3,(H,27,29). The predicted octanol–water partition coefficient (Wildman–Crippen LogP) is 4.10. The summed E-state index contributed by atoms with van der Waals surface area (Å²) in [5.74, 6) is -0.266. The lowest BCUT2D eigenvalue weighted by Gasteiger charge is -2.30. The minimum atomic E-state index is -4.65. The van der Waals surface area contributed by atoms with Crippen molar-refractivity contribution >= 4 is 11.6 Å². The molecule has 1 heterocycles. The molecule has 1 atom stereocenters. The fraction of sp³-hybridized carbons (Fsp3) is 0.364. The van der Waals surface area contributed by atoms with E-state index in [4.69, 9.17) is 4.84 Å². The van der Waals surface area contributed by atoms with Gasteiger partial charge in [-0.25, -0.2) is 0 Å². The van der Waals surface area contributed by atoms with Gasteiger partial charge >= 0.3 is 6.18 Å². The molecule has 1 aliphatic heterocycles. The molecule has 1 unspecified atom stereocenters. The van der Waals surface area contributed by atoms with Gasteiger partial charge < -0.3 is 15.5 Å². The van der Waals surface area contributed by atoms with Crippen LogP contribution in [0.15, 0.2) is 41.6 Å². The number of benzene rings is 2. The maximum Gasteiger partial charge on any atom is 0.435 e. The van der Waals surface area contributed by atoms with Gasteiger partial charge in [0.15, 0.2) is 0 Å². The van der Waals surface area contributed by atoms with Gasteiger partial charge in [0.25, 0.3) is 11.5 Å². The highest BCUT2D eigenvalue weighted by molar-refractivity contribution is 6.03. The van der Waals surface area contributed by atoms with Crippen molar-refractivity contribution in [1.82, 2.24) is 10.6 Å². The van der Waals surface area contributed by atoms with E-state index in [0.29, 0.717) is 23.4 Å². The summed E-state index contributed by atoms with van der Waals surface area (Å²) in [6, 6.07) is 9.62. The molecule has 0 saturated heterocycles. The van der Waals surface area contributed by atoms with Crippen molar-refractivity contribution in [1.29, 1.82) is 0 Å². The van der Waals surface area contributed by atoms with Crippen LogP contribution in [0.2, 0.25) is 0 Å². The molecule has 0 spiro atoms. The van der Waals surface area contributed by atoms with E-state index in [2.05, 4.69) is 15.8 Å². The van der Waals surface area contributed by atoms with Crippen molar-refractivity contribution in [3.8, 4) is 0 Å². The van der Waals surface area contributed by atoms with E-state index < -0.39 is 18.2 Å². The molecule has 2 aromatic carbocycles. The van der Waals surface area contributed by atoms with Crippen molar-refractivity contribution in [2.24, 2.45) is 5.16 Å². The highest BCUT2D eigenvalue weighted by Crippen LogP contribution is 2.49. The number of nitrogens with zero attached hydrogens (tertiary/aromatic N) is 1. The van der Waals surface area contributed by atoms with Gasteiger partial charge in [0.2, 0.25) is 0 Å². The molecule has 30 heavy (non-hydrogen) atoms. The first-order chi connectivity index (χ1) is 14.1. The van der Waals surface area contributed by atoms with Gasteiger partial charge in [-0.05, 0) is 51.1 Å². The number of rotatable bonds is 5. The summed E-state index contributed by atoms with van der Waals surface area (Å²) >= 11 is 0. The number of alkyl halides is 3. The molecule has 2 N–H and O–H groups in total. The highest BCUT2D eigenvalue weighted by Gasteiger charge is 2.62. The van der Waals surface area contributed by atoms with E-state index in [1.54, 1.807) is 46.0 Å². The number of carbonyl (C=O) groups is 1. The molecule has 0 aromatic heterocycles. The summed E-state index contributed by atoms with van der Waals surface area (Å²) in [5.41, 5.74) is 0.716. The van der Waals surface area contributed by atoms with Gasteiger partial charge in [-0.15, -0.1) is 0 Å². The second-order valence-corrected chi connectivity index (χ2v) is 7.57. The van der Waals surface area contributed by atoms with Crippen LogP contribution in [0.5, 0.6) is 0 Å². The molecule has 160 valence electrons. The topological polar surface area (TPSA) is 62.7 Å². The summed E-state index contributed by atoms with van der Waals surface area (Å²) in [7, 11) is 1.71. The van der Waals surface area contributed by atoms with Crippen LogP contribution in [0.3, 0.4) is 0 Å². The van der Waals surface area contributed by atoms with Crippen molar-refractivity contribution in [3.05, 3.63) is 69.8 Å². The van der Waals surface area contributed by atoms with Crippen LogP contribution < -0.4 is 10.6 Å². The van der Waals surface area contributed by atoms with Gasteiger partial charge in [-0.3, -0.25) is 4.79 Å². The lowest BCUT2D eigenvalue weighted by Crippen LogP contribution is -2.42. The van der Waals surface area contributed by atoms with Gasteiger partial charge in [-0.1, -0.05) is 40.5 Å². The van der Waals surface area contributed by atoms with Crippen LogP contribution in [0.1, 0.15) is 44.6 Å². The molecule has 8 heteroatoms. The Hall–Kier alpha value is -2.87. The minimum absolute atomic E-state index is 0.0334. The van der Waals surface area contributed by atoms with Crippen LogP contribution in [0.4, 0.5) is 13.2 Å². The van der Waals surface area contributed by atoms with Crippen LogP contribution in [0.25, 0.3) is 0 Å². The first kappa shape index (κ1) is 21.8. The zero-order valence-electron chi connectivity index (χ0n) is 17.3. The van der Waals surface area contributed by atoms with E-state index in [-0.39, 0.29) is 17.2 Å². The zero-order chi connectivity index (χ0) is 22.1. The maximum atomic E-state index is 14.2. The average molecular weight is 419 g/mol. The van der Waals surface area contributed by atoms with Crippen LogP contribution in [-0.4, -0.2) is 31.5 Å². The molecule has 0 radical (unpaired) electrons. The summed E-state index contributed by atoms with van der Waals surface area (Å²) in [6.07, 6.45) is -5.09.